The number of para-hydroxylation sites is 2. The number of fused-ring (bicyclic) bond motifs is 1. The molecule has 0 spiro atoms. The van der Waals surface area contributed by atoms with E-state index >= 15 is 0 Å². The van der Waals surface area contributed by atoms with Crippen LogP contribution in [0.3, 0.4) is 0 Å². The van der Waals surface area contributed by atoms with Crippen LogP contribution in [0.15, 0.2) is 69.1 Å². The van der Waals surface area contributed by atoms with Gasteiger partial charge in [0.05, 0.1) is 22.2 Å². The van der Waals surface area contributed by atoms with E-state index in [1.54, 1.807) is 48.5 Å². The first-order valence-corrected chi connectivity index (χ1v) is 7.73. The Hall–Kier alpha value is -3.12. The lowest BCUT2D eigenvalue weighted by molar-refractivity contribution is -0.123. The first-order valence-electron chi connectivity index (χ1n) is 7.35. The maximum atomic E-state index is 12.2. The maximum absolute atomic E-state index is 12.2. The number of carbonyl (C=O) groups is 1. The van der Waals surface area contributed by atoms with Crippen molar-refractivity contribution in [3.8, 4) is 5.75 Å². The molecule has 3 aromatic rings. The lowest BCUT2D eigenvalue weighted by Gasteiger charge is -2.06. The SMILES string of the molecule is O=C(COc1ccccc1Cl)N/N=C/c1coc2ccccc2c1=O. The second-order valence-electron chi connectivity index (χ2n) is 5.03. The first-order chi connectivity index (χ1) is 12.1. The summed E-state index contributed by atoms with van der Waals surface area (Å²) in [6.07, 6.45) is 2.52. The largest absolute Gasteiger partial charge is 0.482 e. The lowest BCUT2D eigenvalue weighted by atomic mass is 10.2. The molecule has 0 aliphatic heterocycles. The molecule has 3 rings (SSSR count). The molecule has 6 nitrogen and oxygen atoms in total. The van der Waals surface area contributed by atoms with E-state index in [-0.39, 0.29) is 17.6 Å². The van der Waals surface area contributed by atoms with Gasteiger partial charge in [0.25, 0.3) is 5.91 Å². The van der Waals surface area contributed by atoms with Gasteiger partial charge in [-0.05, 0) is 24.3 Å². The molecule has 1 aromatic heterocycles. The quantitative estimate of drug-likeness (QED) is 0.563. The Kier molecular flexibility index (Phi) is 5.11. The maximum Gasteiger partial charge on any atom is 0.277 e. The van der Waals surface area contributed by atoms with Crippen molar-refractivity contribution in [2.24, 2.45) is 5.10 Å². The number of rotatable bonds is 5. The van der Waals surface area contributed by atoms with E-state index in [1.165, 1.54) is 12.5 Å². The lowest BCUT2D eigenvalue weighted by Crippen LogP contribution is -2.25. The van der Waals surface area contributed by atoms with Crippen LogP contribution in [-0.2, 0) is 4.79 Å². The van der Waals surface area contributed by atoms with E-state index < -0.39 is 5.91 Å². The van der Waals surface area contributed by atoms with Gasteiger partial charge in [-0.3, -0.25) is 9.59 Å². The van der Waals surface area contributed by atoms with Gasteiger partial charge in [0.15, 0.2) is 6.61 Å². The third-order valence-corrected chi connectivity index (χ3v) is 3.61. The average molecular weight is 357 g/mol. The Morgan fingerprint density at radius 1 is 1.20 bits per heavy atom. The molecule has 126 valence electrons. The molecule has 0 atom stereocenters. The molecule has 25 heavy (non-hydrogen) atoms. The number of hydrazone groups is 1. The molecule has 1 amide bonds. The van der Waals surface area contributed by atoms with Gasteiger partial charge in [-0.15, -0.1) is 0 Å². The van der Waals surface area contributed by atoms with Crippen molar-refractivity contribution in [2.45, 2.75) is 0 Å². The van der Waals surface area contributed by atoms with Crippen LogP contribution in [0.4, 0.5) is 0 Å². The summed E-state index contributed by atoms with van der Waals surface area (Å²) in [5.41, 5.74) is 2.76. The van der Waals surface area contributed by atoms with Crippen molar-refractivity contribution in [3.63, 3.8) is 0 Å². The Morgan fingerprint density at radius 2 is 1.96 bits per heavy atom. The van der Waals surface area contributed by atoms with Crippen LogP contribution in [0.5, 0.6) is 5.75 Å². The number of hydrogen-bond donors (Lipinski definition) is 1. The second-order valence-corrected chi connectivity index (χ2v) is 5.44. The summed E-state index contributed by atoms with van der Waals surface area (Å²) in [5.74, 6) is -0.0835. The number of nitrogens with one attached hydrogen (secondary N) is 1. The third-order valence-electron chi connectivity index (χ3n) is 3.30. The van der Waals surface area contributed by atoms with Crippen LogP contribution in [0.2, 0.25) is 5.02 Å². The third kappa shape index (κ3) is 4.05. The average Bonchev–Trinajstić information content (AvgIpc) is 2.63. The molecule has 0 fully saturated rings. The molecular weight excluding hydrogens is 344 g/mol. The van der Waals surface area contributed by atoms with Crippen LogP contribution < -0.4 is 15.6 Å². The molecule has 0 aliphatic carbocycles. The second kappa shape index (κ2) is 7.63. The van der Waals surface area contributed by atoms with Gasteiger partial charge in [-0.2, -0.15) is 5.10 Å². The summed E-state index contributed by atoms with van der Waals surface area (Å²) >= 11 is 5.93. The smallest absolute Gasteiger partial charge is 0.277 e. The number of carbonyl (C=O) groups excluding carboxylic acids is 1. The van der Waals surface area contributed by atoms with Gasteiger partial charge in [0.2, 0.25) is 5.43 Å². The number of nitrogens with zero attached hydrogens (tertiary/aromatic N) is 1. The molecule has 0 unspecified atom stereocenters. The topological polar surface area (TPSA) is 80.9 Å². The zero-order valence-electron chi connectivity index (χ0n) is 12.9. The molecular formula is C18H13ClN2O4. The standard InChI is InChI=1S/C18H13ClN2O4/c19-14-6-2-4-8-16(14)25-11-17(22)21-20-9-12-10-24-15-7-3-1-5-13(15)18(12)23/h1-10H,11H2,(H,21,22)/b20-9+. The van der Waals surface area contributed by atoms with Gasteiger partial charge >= 0.3 is 0 Å². The summed E-state index contributed by atoms with van der Waals surface area (Å²) < 4.78 is 10.6. The van der Waals surface area contributed by atoms with Crippen molar-refractivity contribution >= 4 is 34.7 Å². The van der Waals surface area contributed by atoms with Crippen LogP contribution >= 0.6 is 11.6 Å². The van der Waals surface area contributed by atoms with Crippen LogP contribution in [0.25, 0.3) is 11.0 Å². The van der Waals surface area contributed by atoms with E-state index in [1.807, 2.05) is 0 Å². The predicted molar refractivity (Wildman–Crippen MR) is 95.2 cm³/mol. The zero-order valence-corrected chi connectivity index (χ0v) is 13.7. The van der Waals surface area contributed by atoms with Gasteiger partial charge in [-0.25, -0.2) is 5.43 Å². The highest BCUT2D eigenvalue weighted by molar-refractivity contribution is 6.32. The minimum atomic E-state index is -0.485. The van der Waals surface area contributed by atoms with E-state index in [4.69, 9.17) is 20.8 Å². The molecule has 1 heterocycles. The molecule has 0 radical (unpaired) electrons. The molecule has 7 heteroatoms. The summed E-state index contributed by atoms with van der Waals surface area (Å²) in [7, 11) is 0. The van der Waals surface area contributed by atoms with Crippen LogP contribution in [0, 0.1) is 0 Å². The van der Waals surface area contributed by atoms with Gasteiger partial charge in [-0.1, -0.05) is 35.9 Å². The van der Waals surface area contributed by atoms with Crippen LogP contribution in [-0.4, -0.2) is 18.7 Å². The van der Waals surface area contributed by atoms with Gasteiger partial charge in [0, 0.05) is 0 Å². The molecule has 0 bridgehead atoms. The summed E-state index contributed by atoms with van der Waals surface area (Å²) in [6.45, 7) is -0.257. The Balaban J connectivity index is 1.61. The summed E-state index contributed by atoms with van der Waals surface area (Å²) in [4.78, 5) is 24.0. The minimum Gasteiger partial charge on any atom is -0.482 e. The summed E-state index contributed by atoms with van der Waals surface area (Å²) in [6, 6.07) is 13.7. The first kappa shape index (κ1) is 16.7. The van der Waals surface area contributed by atoms with Crippen molar-refractivity contribution < 1.29 is 13.9 Å². The monoisotopic (exact) mass is 356 g/mol. The van der Waals surface area contributed by atoms with Crippen LogP contribution in [0.1, 0.15) is 5.56 Å². The van der Waals surface area contributed by atoms with E-state index in [2.05, 4.69) is 10.5 Å². The molecule has 2 aromatic carbocycles. The molecule has 0 aliphatic rings. The summed E-state index contributed by atoms with van der Waals surface area (Å²) in [5, 5.41) is 4.60. The van der Waals surface area contributed by atoms with E-state index in [0.717, 1.165) is 0 Å². The fourth-order valence-electron chi connectivity index (χ4n) is 2.09. The number of hydrogen-bond acceptors (Lipinski definition) is 5. The molecule has 0 saturated heterocycles. The highest BCUT2D eigenvalue weighted by Gasteiger charge is 2.06. The predicted octanol–water partition coefficient (Wildman–Crippen LogP) is 2.98. The van der Waals surface area contributed by atoms with Crippen molar-refractivity contribution in [1.82, 2.24) is 5.43 Å². The Morgan fingerprint density at radius 3 is 2.80 bits per heavy atom. The van der Waals surface area contributed by atoms with Crippen molar-refractivity contribution in [1.29, 1.82) is 0 Å². The minimum absolute atomic E-state index is 0.228. The number of benzene rings is 2. The van der Waals surface area contributed by atoms with E-state index in [0.29, 0.717) is 21.7 Å². The number of halogens is 1. The van der Waals surface area contributed by atoms with Gasteiger partial charge < -0.3 is 9.15 Å². The highest BCUT2D eigenvalue weighted by atomic mass is 35.5. The fourth-order valence-corrected chi connectivity index (χ4v) is 2.28. The van der Waals surface area contributed by atoms with Gasteiger partial charge in [0.1, 0.15) is 17.6 Å². The van der Waals surface area contributed by atoms with E-state index in [9.17, 15) is 9.59 Å². The number of amides is 1. The molecule has 0 saturated carbocycles. The number of ether oxygens (including phenoxy) is 1. The Bertz CT molecular complexity index is 998. The Labute approximate surface area is 147 Å². The fraction of sp³-hybridized carbons (Fsp3) is 0.0556. The van der Waals surface area contributed by atoms with Crippen molar-refractivity contribution in [2.75, 3.05) is 6.61 Å². The van der Waals surface area contributed by atoms with Crippen molar-refractivity contribution in [3.05, 3.63) is 75.6 Å². The zero-order chi connectivity index (χ0) is 17.6. The normalized spacial score (nSPS) is 10.9. The highest BCUT2D eigenvalue weighted by Crippen LogP contribution is 2.22. The molecule has 1 N–H and O–H groups in total.